The van der Waals surface area contributed by atoms with Crippen LogP contribution in [0.15, 0.2) is 17.0 Å². The fourth-order valence-electron chi connectivity index (χ4n) is 3.62. The zero-order valence-electron chi connectivity index (χ0n) is 13.8. The van der Waals surface area contributed by atoms with Crippen molar-refractivity contribution >= 4 is 27.6 Å². The second-order valence-electron chi connectivity index (χ2n) is 6.17. The molecule has 1 saturated heterocycles. The van der Waals surface area contributed by atoms with E-state index >= 15 is 0 Å². The molecule has 2 aliphatic rings. The number of carboxylic acid groups (broad SMARTS) is 1. The first kappa shape index (κ1) is 18.4. The number of sulfonamides is 1. The number of hydrogen-bond acceptors (Lipinski definition) is 5. The molecular formula is C16H20ClNO6S. The first-order valence-electron chi connectivity index (χ1n) is 8.10. The van der Waals surface area contributed by atoms with Gasteiger partial charge in [0.1, 0.15) is 10.5 Å². The second kappa shape index (κ2) is 7.11. The normalized spacial score (nSPS) is 24.6. The van der Waals surface area contributed by atoms with Crippen molar-refractivity contribution in [3.63, 3.8) is 0 Å². The van der Waals surface area contributed by atoms with Gasteiger partial charge in [-0.2, -0.15) is 4.31 Å². The molecule has 7 nitrogen and oxygen atoms in total. The topological polar surface area (TPSA) is 93.1 Å². The first-order valence-corrected chi connectivity index (χ1v) is 9.92. The number of hydrogen-bond donors (Lipinski definition) is 1. The van der Waals surface area contributed by atoms with Crippen molar-refractivity contribution in [1.29, 1.82) is 0 Å². The smallest absolute Gasteiger partial charge is 0.339 e. The predicted octanol–water partition coefficient (Wildman–Crippen LogP) is 2.38. The second-order valence-corrected chi connectivity index (χ2v) is 8.46. The Kier molecular flexibility index (Phi) is 5.24. The molecule has 0 amide bonds. The van der Waals surface area contributed by atoms with Crippen LogP contribution in [0.2, 0.25) is 5.02 Å². The number of aromatic carboxylic acids is 1. The molecule has 138 valence electrons. The fraction of sp³-hybridized carbons (Fsp3) is 0.562. The largest absolute Gasteiger partial charge is 0.494 e. The number of methoxy groups -OCH3 is 1. The summed E-state index contributed by atoms with van der Waals surface area (Å²) in [6.45, 7) is 0.538. The zero-order valence-corrected chi connectivity index (χ0v) is 15.3. The third kappa shape index (κ3) is 3.36. The van der Waals surface area contributed by atoms with E-state index in [1.165, 1.54) is 23.5 Å². The van der Waals surface area contributed by atoms with Gasteiger partial charge in [0, 0.05) is 11.6 Å². The van der Waals surface area contributed by atoms with Gasteiger partial charge in [-0.05, 0) is 25.0 Å². The average molecular weight is 390 g/mol. The van der Waals surface area contributed by atoms with E-state index in [0.717, 1.165) is 25.7 Å². The highest BCUT2D eigenvalue weighted by molar-refractivity contribution is 7.89. The van der Waals surface area contributed by atoms with Gasteiger partial charge in [-0.15, -0.1) is 0 Å². The van der Waals surface area contributed by atoms with Crippen molar-refractivity contribution in [2.75, 3.05) is 20.3 Å². The number of rotatable bonds is 4. The van der Waals surface area contributed by atoms with E-state index < -0.39 is 16.0 Å². The quantitative estimate of drug-likeness (QED) is 0.849. The Morgan fingerprint density at radius 1 is 1.36 bits per heavy atom. The Labute approximate surface area is 151 Å². The predicted molar refractivity (Wildman–Crippen MR) is 90.9 cm³/mol. The highest BCUT2D eigenvalue weighted by Crippen LogP contribution is 2.37. The van der Waals surface area contributed by atoms with E-state index in [2.05, 4.69) is 0 Å². The molecule has 2 fully saturated rings. The van der Waals surface area contributed by atoms with E-state index in [4.69, 9.17) is 21.1 Å². The summed E-state index contributed by atoms with van der Waals surface area (Å²) in [6, 6.07) is 2.18. The molecule has 0 aromatic heterocycles. The third-order valence-corrected chi connectivity index (χ3v) is 6.87. The summed E-state index contributed by atoms with van der Waals surface area (Å²) < 4.78 is 38.8. The number of carbonyl (C=O) groups is 1. The van der Waals surface area contributed by atoms with Crippen LogP contribution in [0, 0.1) is 0 Å². The average Bonchev–Trinajstić information content (AvgIpc) is 2.60. The number of morpholine rings is 1. The van der Waals surface area contributed by atoms with Crippen LogP contribution in [-0.4, -0.2) is 56.2 Å². The molecule has 0 bridgehead atoms. The van der Waals surface area contributed by atoms with Crippen molar-refractivity contribution in [3.05, 3.63) is 22.7 Å². The number of halogens is 1. The molecule has 1 aliphatic carbocycles. The molecule has 1 aromatic carbocycles. The van der Waals surface area contributed by atoms with E-state index in [9.17, 15) is 18.3 Å². The lowest BCUT2D eigenvalue weighted by Gasteiger charge is -2.42. The zero-order chi connectivity index (χ0) is 18.2. The molecule has 25 heavy (non-hydrogen) atoms. The lowest BCUT2D eigenvalue weighted by molar-refractivity contribution is -0.0586. The Balaban J connectivity index is 2.09. The number of fused-ring (bicyclic) bond motifs is 1. The monoisotopic (exact) mass is 389 g/mol. The minimum atomic E-state index is -3.97. The molecule has 2 unspecified atom stereocenters. The van der Waals surface area contributed by atoms with Gasteiger partial charge in [0.05, 0.1) is 25.9 Å². The summed E-state index contributed by atoms with van der Waals surface area (Å²) >= 11 is 5.98. The molecule has 2 atom stereocenters. The summed E-state index contributed by atoms with van der Waals surface area (Å²) in [5.74, 6) is -1.50. The van der Waals surface area contributed by atoms with Crippen molar-refractivity contribution in [2.24, 2.45) is 0 Å². The molecule has 1 saturated carbocycles. The Bertz CT molecular complexity index is 779. The molecule has 1 heterocycles. The maximum Gasteiger partial charge on any atom is 0.339 e. The van der Waals surface area contributed by atoms with E-state index in [-0.39, 0.29) is 39.9 Å². The molecule has 1 N–H and O–H groups in total. The van der Waals surface area contributed by atoms with Crippen molar-refractivity contribution in [3.8, 4) is 5.75 Å². The molecule has 1 aromatic rings. The highest BCUT2D eigenvalue weighted by Gasteiger charge is 2.42. The highest BCUT2D eigenvalue weighted by atomic mass is 35.5. The van der Waals surface area contributed by atoms with Crippen LogP contribution in [0.4, 0.5) is 0 Å². The van der Waals surface area contributed by atoms with Crippen LogP contribution in [0.3, 0.4) is 0 Å². The lowest BCUT2D eigenvalue weighted by Crippen LogP contribution is -2.54. The van der Waals surface area contributed by atoms with Gasteiger partial charge < -0.3 is 14.6 Å². The Hall–Kier alpha value is -1.35. The maximum absolute atomic E-state index is 13.3. The summed E-state index contributed by atoms with van der Waals surface area (Å²) in [5, 5.41) is 9.37. The fourth-order valence-corrected chi connectivity index (χ4v) is 5.77. The summed E-state index contributed by atoms with van der Waals surface area (Å²) in [5.41, 5.74) is -0.276. The van der Waals surface area contributed by atoms with E-state index in [1.54, 1.807) is 0 Å². The van der Waals surface area contributed by atoms with Crippen LogP contribution < -0.4 is 4.74 Å². The molecule has 0 radical (unpaired) electrons. The molecular weight excluding hydrogens is 370 g/mol. The number of nitrogens with zero attached hydrogens (tertiary/aromatic N) is 1. The summed E-state index contributed by atoms with van der Waals surface area (Å²) in [7, 11) is -2.73. The van der Waals surface area contributed by atoms with Crippen LogP contribution in [-0.2, 0) is 14.8 Å². The van der Waals surface area contributed by atoms with Crippen molar-refractivity contribution in [2.45, 2.75) is 42.7 Å². The standard InChI is InChI=1S/C16H20ClNO6S/c1-23-15-11(16(19)20)8-10(17)9-14(15)25(21,22)18-6-7-24-13-5-3-2-4-12(13)18/h8-9,12-13H,2-7H2,1H3,(H,19,20). The summed E-state index contributed by atoms with van der Waals surface area (Å²) in [4.78, 5) is 11.2. The van der Waals surface area contributed by atoms with Gasteiger partial charge in [0.2, 0.25) is 10.0 Å². The van der Waals surface area contributed by atoms with E-state index in [1.807, 2.05) is 0 Å². The van der Waals surface area contributed by atoms with Gasteiger partial charge in [-0.3, -0.25) is 0 Å². The van der Waals surface area contributed by atoms with Gasteiger partial charge in [-0.25, -0.2) is 13.2 Å². The minimum absolute atomic E-state index is 0.0326. The number of benzene rings is 1. The van der Waals surface area contributed by atoms with Gasteiger partial charge in [0.15, 0.2) is 5.75 Å². The van der Waals surface area contributed by atoms with Gasteiger partial charge in [0.25, 0.3) is 0 Å². The van der Waals surface area contributed by atoms with Crippen molar-refractivity contribution in [1.82, 2.24) is 4.31 Å². The Morgan fingerprint density at radius 2 is 2.08 bits per heavy atom. The third-order valence-electron chi connectivity index (χ3n) is 4.72. The SMILES string of the molecule is COc1c(C(=O)O)cc(Cl)cc1S(=O)(=O)N1CCOC2CCCCC21. The molecule has 3 rings (SSSR count). The first-order chi connectivity index (χ1) is 11.9. The van der Waals surface area contributed by atoms with E-state index in [0.29, 0.717) is 6.61 Å². The maximum atomic E-state index is 13.3. The number of carboxylic acids is 1. The Morgan fingerprint density at radius 3 is 2.76 bits per heavy atom. The van der Waals surface area contributed by atoms with Crippen LogP contribution in [0.5, 0.6) is 5.75 Å². The van der Waals surface area contributed by atoms with Crippen LogP contribution in [0.25, 0.3) is 0 Å². The van der Waals surface area contributed by atoms with Gasteiger partial charge in [-0.1, -0.05) is 24.4 Å². The van der Waals surface area contributed by atoms with Crippen LogP contribution in [0.1, 0.15) is 36.0 Å². The van der Waals surface area contributed by atoms with Gasteiger partial charge >= 0.3 is 5.97 Å². The molecule has 1 aliphatic heterocycles. The minimum Gasteiger partial charge on any atom is -0.494 e. The molecule has 9 heteroatoms. The summed E-state index contributed by atoms with van der Waals surface area (Å²) in [6.07, 6.45) is 3.37. The molecule has 0 spiro atoms. The number of ether oxygens (including phenoxy) is 2. The van der Waals surface area contributed by atoms with Crippen molar-refractivity contribution < 1.29 is 27.8 Å². The lowest BCUT2D eigenvalue weighted by atomic mass is 9.91. The van der Waals surface area contributed by atoms with Crippen LogP contribution >= 0.6 is 11.6 Å².